The van der Waals surface area contributed by atoms with E-state index in [2.05, 4.69) is 34.6 Å². The van der Waals surface area contributed by atoms with Crippen LogP contribution in [0.25, 0.3) is 11.0 Å². The van der Waals surface area contributed by atoms with Crippen LogP contribution in [0, 0.1) is 6.92 Å². The van der Waals surface area contributed by atoms with Crippen LogP contribution in [-0.2, 0) is 6.54 Å². The maximum atomic E-state index is 6.33. The largest absolute Gasteiger partial charge is 0.327 e. The van der Waals surface area contributed by atoms with Crippen LogP contribution in [0.15, 0.2) is 18.2 Å². The number of rotatable bonds is 5. The summed E-state index contributed by atoms with van der Waals surface area (Å²) in [5.74, 6) is 0.999. The van der Waals surface area contributed by atoms with Gasteiger partial charge in [0.05, 0.1) is 16.4 Å². The van der Waals surface area contributed by atoms with Crippen LogP contribution in [0.4, 0.5) is 0 Å². The first-order valence-electron chi connectivity index (χ1n) is 7.98. The van der Waals surface area contributed by atoms with Gasteiger partial charge in [0.25, 0.3) is 0 Å². The molecule has 3 nitrogen and oxygen atoms in total. The zero-order valence-electron chi connectivity index (χ0n) is 13.0. The number of imidazole rings is 1. The fourth-order valence-corrected chi connectivity index (χ4v) is 3.42. The van der Waals surface area contributed by atoms with Crippen LogP contribution < -0.4 is 0 Å². The van der Waals surface area contributed by atoms with E-state index in [-0.39, 0.29) is 5.38 Å². The maximum Gasteiger partial charge on any atom is 0.127 e. The minimum Gasteiger partial charge on any atom is -0.327 e. The molecule has 3 rings (SSSR count). The van der Waals surface area contributed by atoms with Crippen molar-refractivity contribution in [1.29, 1.82) is 0 Å². The van der Waals surface area contributed by atoms with E-state index in [9.17, 15) is 0 Å². The number of fused-ring (bicyclic) bond motifs is 1. The Bertz CT molecular complexity index is 612. The highest BCUT2D eigenvalue weighted by Crippen LogP contribution is 2.25. The first-order valence-corrected chi connectivity index (χ1v) is 8.42. The molecule has 114 valence electrons. The van der Waals surface area contributed by atoms with Gasteiger partial charge in [-0.2, -0.15) is 0 Å². The van der Waals surface area contributed by atoms with E-state index in [0.29, 0.717) is 0 Å². The van der Waals surface area contributed by atoms with Gasteiger partial charge in [0, 0.05) is 6.54 Å². The predicted molar refractivity (Wildman–Crippen MR) is 89.0 cm³/mol. The fourth-order valence-electron chi connectivity index (χ4n) is 3.25. The summed E-state index contributed by atoms with van der Waals surface area (Å²) in [4.78, 5) is 7.28. The van der Waals surface area contributed by atoms with Crippen molar-refractivity contribution in [2.24, 2.45) is 0 Å². The summed E-state index contributed by atoms with van der Waals surface area (Å²) in [5, 5.41) is -0.0514. The lowest BCUT2D eigenvalue weighted by molar-refractivity contribution is 0.325. The van der Waals surface area contributed by atoms with Gasteiger partial charge in [0.1, 0.15) is 5.82 Å². The van der Waals surface area contributed by atoms with Crippen molar-refractivity contribution in [3.8, 4) is 0 Å². The smallest absolute Gasteiger partial charge is 0.127 e. The number of hydrogen-bond acceptors (Lipinski definition) is 2. The summed E-state index contributed by atoms with van der Waals surface area (Å²) in [6, 6.07) is 6.44. The van der Waals surface area contributed by atoms with E-state index in [1.165, 1.54) is 43.6 Å². The lowest BCUT2D eigenvalue weighted by atomic mass is 10.2. The van der Waals surface area contributed by atoms with Crippen LogP contribution in [-0.4, -0.2) is 34.1 Å². The number of halogens is 1. The summed E-state index contributed by atoms with van der Waals surface area (Å²) in [5.41, 5.74) is 3.56. The summed E-state index contributed by atoms with van der Waals surface area (Å²) in [7, 11) is 0. The third-order valence-corrected chi connectivity index (χ3v) is 4.54. The van der Waals surface area contributed by atoms with Gasteiger partial charge >= 0.3 is 0 Å². The second-order valence-electron chi connectivity index (χ2n) is 6.13. The van der Waals surface area contributed by atoms with Crippen molar-refractivity contribution in [2.45, 2.75) is 45.0 Å². The van der Waals surface area contributed by atoms with Crippen molar-refractivity contribution in [3.63, 3.8) is 0 Å². The van der Waals surface area contributed by atoms with Crippen molar-refractivity contribution >= 4 is 22.6 Å². The standard InChI is InChI=1S/C17H24ClN3/c1-13-6-7-15-16(12-13)21(17(19-15)14(2)18)11-5-10-20-8-3-4-9-20/h6-7,12,14H,3-5,8-11H2,1-2H3. The molecule has 4 heteroatoms. The van der Waals surface area contributed by atoms with Gasteiger partial charge in [-0.1, -0.05) is 6.07 Å². The molecule has 0 saturated carbocycles. The molecule has 1 atom stereocenters. The van der Waals surface area contributed by atoms with Gasteiger partial charge in [-0.15, -0.1) is 11.6 Å². The molecule has 0 bridgehead atoms. The number of hydrogen-bond donors (Lipinski definition) is 0. The molecule has 0 spiro atoms. The quantitative estimate of drug-likeness (QED) is 0.774. The van der Waals surface area contributed by atoms with Gasteiger partial charge in [-0.3, -0.25) is 0 Å². The molecule has 1 unspecified atom stereocenters. The number of aromatic nitrogens is 2. The average Bonchev–Trinajstić information content (AvgIpc) is 3.07. The maximum absolute atomic E-state index is 6.33. The molecule has 1 fully saturated rings. The molecule has 0 radical (unpaired) electrons. The predicted octanol–water partition coefficient (Wildman–Crippen LogP) is 4.13. The number of alkyl halides is 1. The summed E-state index contributed by atoms with van der Waals surface area (Å²) >= 11 is 6.33. The van der Waals surface area contributed by atoms with Crippen LogP contribution in [0.1, 0.15) is 43.0 Å². The van der Waals surface area contributed by atoms with Crippen molar-refractivity contribution < 1.29 is 0 Å². The second-order valence-corrected chi connectivity index (χ2v) is 6.79. The molecule has 1 aromatic heterocycles. The van der Waals surface area contributed by atoms with E-state index in [1.807, 2.05) is 6.92 Å². The zero-order chi connectivity index (χ0) is 14.8. The van der Waals surface area contributed by atoms with E-state index < -0.39 is 0 Å². The van der Waals surface area contributed by atoms with Crippen LogP contribution >= 0.6 is 11.6 Å². The van der Waals surface area contributed by atoms with Gasteiger partial charge in [-0.05, 0) is 70.4 Å². The molecule has 2 heterocycles. The van der Waals surface area contributed by atoms with Gasteiger partial charge in [-0.25, -0.2) is 4.98 Å². The van der Waals surface area contributed by atoms with Crippen LogP contribution in [0.2, 0.25) is 0 Å². The molecule has 0 aliphatic carbocycles. The number of benzene rings is 1. The molecule has 0 N–H and O–H groups in total. The van der Waals surface area contributed by atoms with E-state index in [4.69, 9.17) is 16.6 Å². The first-order chi connectivity index (χ1) is 10.1. The van der Waals surface area contributed by atoms with Crippen molar-refractivity contribution in [3.05, 3.63) is 29.6 Å². The molecule has 1 aliphatic rings. The topological polar surface area (TPSA) is 21.1 Å². The second kappa shape index (κ2) is 6.37. The van der Waals surface area contributed by atoms with E-state index in [1.54, 1.807) is 0 Å². The first kappa shape index (κ1) is 14.9. The normalized spacial score (nSPS) is 17.7. The lowest BCUT2D eigenvalue weighted by Gasteiger charge is -2.16. The Labute approximate surface area is 131 Å². The Balaban J connectivity index is 1.80. The van der Waals surface area contributed by atoms with Crippen molar-refractivity contribution in [1.82, 2.24) is 14.5 Å². The Morgan fingerprint density at radius 2 is 2.00 bits per heavy atom. The number of aryl methyl sites for hydroxylation is 2. The Morgan fingerprint density at radius 1 is 1.24 bits per heavy atom. The fraction of sp³-hybridized carbons (Fsp3) is 0.588. The van der Waals surface area contributed by atoms with Gasteiger partial charge in [0.2, 0.25) is 0 Å². The van der Waals surface area contributed by atoms with Crippen LogP contribution in [0.5, 0.6) is 0 Å². The molecule has 1 saturated heterocycles. The van der Waals surface area contributed by atoms with E-state index in [0.717, 1.165) is 24.3 Å². The lowest BCUT2D eigenvalue weighted by Crippen LogP contribution is -2.21. The summed E-state index contributed by atoms with van der Waals surface area (Å²) < 4.78 is 2.32. The Kier molecular flexibility index (Phi) is 4.51. The van der Waals surface area contributed by atoms with Crippen molar-refractivity contribution in [2.75, 3.05) is 19.6 Å². The Morgan fingerprint density at radius 3 is 2.71 bits per heavy atom. The highest BCUT2D eigenvalue weighted by atomic mass is 35.5. The monoisotopic (exact) mass is 305 g/mol. The number of likely N-dealkylation sites (tertiary alicyclic amines) is 1. The third-order valence-electron chi connectivity index (χ3n) is 4.34. The van der Waals surface area contributed by atoms with Crippen LogP contribution in [0.3, 0.4) is 0 Å². The molecular weight excluding hydrogens is 282 g/mol. The molecule has 2 aromatic rings. The van der Waals surface area contributed by atoms with E-state index >= 15 is 0 Å². The summed E-state index contributed by atoms with van der Waals surface area (Å²) in [6.07, 6.45) is 3.88. The SMILES string of the molecule is Cc1ccc2nc(C(C)Cl)n(CCCN3CCCC3)c2c1. The molecular formula is C17H24ClN3. The average molecular weight is 306 g/mol. The zero-order valence-corrected chi connectivity index (χ0v) is 13.7. The Hall–Kier alpha value is -1.06. The number of nitrogens with zero attached hydrogens (tertiary/aromatic N) is 3. The minimum atomic E-state index is -0.0514. The molecule has 0 amide bonds. The third kappa shape index (κ3) is 3.24. The summed E-state index contributed by atoms with van der Waals surface area (Å²) in [6.45, 7) is 8.85. The molecule has 1 aromatic carbocycles. The highest BCUT2D eigenvalue weighted by molar-refractivity contribution is 6.20. The van der Waals surface area contributed by atoms with Gasteiger partial charge in [0.15, 0.2) is 0 Å². The minimum absolute atomic E-state index is 0.0514. The molecule has 21 heavy (non-hydrogen) atoms. The molecule has 1 aliphatic heterocycles. The highest BCUT2D eigenvalue weighted by Gasteiger charge is 2.16. The van der Waals surface area contributed by atoms with Gasteiger partial charge < -0.3 is 9.47 Å².